The van der Waals surface area contributed by atoms with Crippen molar-refractivity contribution >= 4 is 27.7 Å². The molecule has 0 amide bonds. The fraction of sp³-hybridized carbons (Fsp3) is 0.931. The van der Waals surface area contributed by atoms with Crippen molar-refractivity contribution in [3.8, 4) is 0 Å². The minimum Gasteiger partial charge on any atom is -0.462 e. The first kappa shape index (κ1) is 24.9. The van der Waals surface area contributed by atoms with Crippen LogP contribution in [-0.4, -0.2) is 40.7 Å². The number of alkyl halides is 1. The summed E-state index contributed by atoms with van der Waals surface area (Å²) in [5.74, 6) is 2.70. The SMILES string of the molecule is CC(=O)O[C@H]1CC[C@]2(C)[C@H]3CC[C@]4(C)[C@@H]5[C@H](C[C@H]4[C@@H]3CC(=O)[C@@]2(Br)C1)O[C@]1(CC[C@@H](C)CO1)[C@H]5C. The fourth-order valence-corrected chi connectivity index (χ4v) is 11.3. The Morgan fingerprint density at radius 3 is 2.54 bits per heavy atom. The van der Waals surface area contributed by atoms with Gasteiger partial charge in [0.05, 0.1) is 17.0 Å². The zero-order chi connectivity index (χ0) is 25.0. The minimum atomic E-state index is -0.581. The number of esters is 1. The normalized spacial score (nSPS) is 57.3. The summed E-state index contributed by atoms with van der Waals surface area (Å²) in [6.07, 6.45) is 8.78. The van der Waals surface area contributed by atoms with E-state index < -0.39 is 4.32 Å². The first-order chi connectivity index (χ1) is 16.4. The molecular weight excluding hydrogens is 508 g/mol. The van der Waals surface area contributed by atoms with Crippen molar-refractivity contribution in [2.75, 3.05) is 6.61 Å². The predicted molar refractivity (Wildman–Crippen MR) is 136 cm³/mol. The molecule has 5 nitrogen and oxygen atoms in total. The van der Waals surface area contributed by atoms with E-state index in [1.807, 2.05) is 0 Å². The number of carbonyl (C=O) groups excluding carboxylic acids is 2. The quantitative estimate of drug-likeness (QED) is 0.293. The third-order valence-corrected chi connectivity index (χ3v) is 13.8. The molecule has 2 aliphatic heterocycles. The Kier molecular flexibility index (Phi) is 5.70. The van der Waals surface area contributed by atoms with Gasteiger partial charge in [-0.2, -0.15) is 0 Å². The van der Waals surface area contributed by atoms with Crippen LogP contribution in [0.3, 0.4) is 0 Å². The highest BCUT2D eigenvalue weighted by Gasteiger charge is 2.72. The second-order valence-electron chi connectivity index (χ2n) is 13.7. The Bertz CT molecular complexity index is 913. The van der Waals surface area contributed by atoms with Gasteiger partial charge in [-0.25, -0.2) is 0 Å². The number of ketones is 1. The summed E-state index contributed by atoms with van der Waals surface area (Å²) in [4.78, 5) is 25.5. The lowest BCUT2D eigenvalue weighted by Gasteiger charge is -2.63. The van der Waals surface area contributed by atoms with E-state index in [0.717, 1.165) is 32.3 Å². The Labute approximate surface area is 218 Å². The maximum Gasteiger partial charge on any atom is 0.302 e. The van der Waals surface area contributed by atoms with E-state index >= 15 is 0 Å². The zero-order valence-corrected chi connectivity index (χ0v) is 23.7. The standard InChI is InChI=1S/C29H43BrO5/c1-16-6-11-29(33-15-16)17(2)25-23(35-29)13-22-20-12-24(32)28(30)14-19(34-18(3)31)7-10-27(28,5)21(20)8-9-26(22,25)4/h16-17,19-23,25H,6-15H2,1-5H3/t16-,17+,19+,20-,21+,22+,23+,25+,26+,27-,28+,29-/m1/s1. The Morgan fingerprint density at radius 2 is 1.86 bits per heavy atom. The first-order valence-corrected chi connectivity index (χ1v) is 14.9. The van der Waals surface area contributed by atoms with Crippen molar-refractivity contribution in [2.24, 2.45) is 46.3 Å². The van der Waals surface area contributed by atoms with Gasteiger partial charge in [-0.05, 0) is 78.9 Å². The maximum atomic E-state index is 13.9. The summed E-state index contributed by atoms with van der Waals surface area (Å²) in [7, 11) is 0. The van der Waals surface area contributed by atoms with Gasteiger partial charge >= 0.3 is 5.97 Å². The van der Waals surface area contributed by atoms with E-state index in [0.29, 0.717) is 54.1 Å². The van der Waals surface area contributed by atoms with Crippen LogP contribution in [-0.2, 0) is 23.8 Å². The van der Waals surface area contributed by atoms with E-state index in [2.05, 4.69) is 43.6 Å². The molecule has 35 heavy (non-hydrogen) atoms. The van der Waals surface area contributed by atoms with Crippen molar-refractivity contribution in [3.05, 3.63) is 0 Å². The van der Waals surface area contributed by atoms with Gasteiger partial charge in [-0.1, -0.05) is 43.6 Å². The molecular formula is C29H43BrO5. The molecule has 2 heterocycles. The molecule has 12 atom stereocenters. The average molecular weight is 552 g/mol. The van der Waals surface area contributed by atoms with E-state index in [4.69, 9.17) is 14.2 Å². The Hall–Kier alpha value is -0.460. The highest BCUT2D eigenvalue weighted by Crippen LogP contribution is 2.72. The Balaban J connectivity index is 1.26. The van der Waals surface area contributed by atoms with E-state index in [9.17, 15) is 9.59 Å². The van der Waals surface area contributed by atoms with Crippen LogP contribution in [0, 0.1) is 46.3 Å². The molecule has 6 heteroatoms. The third kappa shape index (κ3) is 3.30. The van der Waals surface area contributed by atoms with Crippen LogP contribution in [0.2, 0.25) is 0 Å². The van der Waals surface area contributed by atoms with Gasteiger partial charge in [0.15, 0.2) is 11.6 Å². The van der Waals surface area contributed by atoms with Crippen molar-refractivity contribution in [1.82, 2.24) is 0 Å². The summed E-state index contributed by atoms with van der Waals surface area (Å²) >= 11 is 4.00. The summed E-state index contributed by atoms with van der Waals surface area (Å²) < 4.78 is 18.3. The van der Waals surface area contributed by atoms with Gasteiger partial charge in [0, 0.05) is 32.1 Å². The second kappa shape index (κ2) is 8.02. The predicted octanol–water partition coefficient (Wildman–Crippen LogP) is 6.06. The molecule has 0 unspecified atom stereocenters. The lowest BCUT2D eigenvalue weighted by atomic mass is 9.44. The zero-order valence-electron chi connectivity index (χ0n) is 22.1. The van der Waals surface area contributed by atoms with Crippen molar-refractivity contribution < 1.29 is 23.8 Å². The molecule has 4 aliphatic carbocycles. The van der Waals surface area contributed by atoms with Gasteiger partial charge < -0.3 is 14.2 Å². The number of carbonyl (C=O) groups is 2. The maximum absolute atomic E-state index is 13.9. The van der Waals surface area contributed by atoms with Crippen LogP contribution < -0.4 is 0 Å². The van der Waals surface area contributed by atoms with Gasteiger partial charge in [0.1, 0.15) is 6.10 Å². The molecule has 0 aromatic carbocycles. The second-order valence-corrected chi connectivity index (χ2v) is 15.1. The number of hydrogen-bond donors (Lipinski definition) is 0. The van der Waals surface area contributed by atoms with Crippen molar-refractivity contribution in [1.29, 1.82) is 0 Å². The van der Waals surface area contributed by atoms with Crippen LogP contribution in [0.5, 0.6) is 0 Å². The molecule has 0 N–H and O–H groups in total. The average Bonchev–Trinajstić information content (AvgIpc) is 3.23. The van der Waals surface area contributed by atoms with Crippen molar-refractivity contribution in [2.45, 2.75) is 115 Å². The topological polar surface area (TPSA) is 61.8 Å². The molecule has 2 saturated heterocycles. The van der Waals surface area contributed by atoms with Crippen LogP contribution in [0.15, 0.2) is 0 Å². The number of fused-ring (bicyclic) bond motifs is 7. The van der Waals surface area contributed by atoms with E-state index in [1.54, 1.807) is 0 Å². The molecule has 0 aromatic rings. The van der Waals surface area contributed by atoms with Crippen LogP contribution >= 0.6 is 15.9 Å². The molecule has 0 aromatic heterocycles. The van der Waals surface area contributed by atoms with Crippen LogP contribution in [0.1, 0.15) is 92.4 Å². The summed E-state index contributed by atoms with van der Waals surface area (Å²) in [6, 6.07) is 0. The molecule has 1 spiro atoms. The monoisotopic (exact) mass is 550 g/mol. The lowest BCUT2D eigenvalue weighted by molar-refractivity contribution is -0.272. The van der Waals surface area contributed by atoms with Gasteiger partial charge in [0.25, 0.3) is 0 Å². The van der Waals surface area contributed by atoms with Gasteiger partial charge in [-0.15, -0.1) is 0 Å². The molecule has 4 saturated carbocycles. The van der Waals surface area contributed by atoms with Crippen LogP contribution in [0.25, 0.3) is 0 Å². The fourth-order valence-electron chi connectivity index (χ4n) is 10.3. The third-order valence-electron chi connectivity index (χ3n) is 12.1. The molecule has 6 aliphatic rings. The highest BCUT2D eigenvalue weighted by molar-refractivity contribution is 9.10. The molecule has 0 bridgehead atoms. The van der Waals surface area contributed by atoms with Gasteiger partial charge in [0.2, 0.25) is 0 Å². The van der Waals surface area contributed by atoms with Gasteiger partial charge in [-0.3, -0.25) is 9.59 Å². The molecule has 6 fully saturated rings. The summed E-state index contributed by atoms with van der Waals surface area (Å²) in [6.45, 7) is 11.8. The molecule has 0 radical (unpaired) electrons. The van der Waals surface area contributed by atoms with Crippen LogP contribution in [0.4, 0.5) is 0 Å². The van der Waals surface area contributed by atoms with E-state index in [1.165, 1.54) is 26.2 Å². The number of rotatable bonds is 1. The number of Topliss-reactive ketones (excluding diaryl/α,β-unsaturated/α-hetero) is 1. The highest BCUT2D eigenvalue weighted by atomic mass is 79.9. The molecule has 196 valence electrons. The first-order valence-electron chi connectivity index (χ1n) is 14.1. The Morgan fingerprint density at radius 1 is 1.09 bits per heavy atom. The molecule has 6 rings (SSSR count). The van der Waals surface area contributed by atoms with Crippen molar-refractivity contribution in [3.63, 3.8) is 0 Å². The number of halogens is 1. The largest absolute Gasteiger partial charge is 0.462 e. The summed E-state index contributed by atoms with van der Waals surface area (Å²) in [5.41, 5.74) is 0.109. The summed E-state index contributed by atoms with van der Waals surface area (Å²) in [5, 5.41) is 0. The smallest absolute Gasteiger partial charge is 0.302 e. The minimum absolute atomic E-state index is 0.0982. The number of hydrogen-bond acceptors (Lipinski definition) is 5. The van der Waals surface area contributed by atoms with E-state index in [-0.39, 0.29) is 34.8 Å². The lowest BCUT2D eigenvalue weighted by Crippen LogP contribution is -2.64. The number of ether oxygens (including phenoxy) is 3.